The highest BCUT2D eigenvalue weighted by molar-refractivity contribution is 4.74. The summed E-state index contributed by atoms with van der Waals surface area (Å²) in [7, 11) is 4.06. The molecule has 14 heavy (non-hydrogen) atoms. The molecule has 0 aliphatic carbocycles. The first-order valence-corrected chi connectivity index (χ1v) is 5.84. The molecular weight excluding hydrogens is 174 g/mol. The molecule has 0 aromatic carbocycles. The molecule has 1 atom stereocenters. The number of hydrogen-bond acceptors (Lipinski definition) is 2. The molecule has 1 aliphatic heterocycles. The first kappa shape index (κ1) is 12.0. The van der Waals surface area contributed by atoms with Crippen molar-refractivity contribution in [3.63, 3.8) is 0 Å². The summed E-state index contributed by atoms with van der Waals surface area (Å²) in [6, 6.07) is 0. The van der Waals surface area contributed by atoms with Crippen LogP contribution in [0.5, 0.6) is 0 Å². The second kappa shape index (κ2) is 5.72. The van der Waals surface area contributed by atoms with Crippen molar-refractivity contribution >= 4 is 0 Å². The number of methoxy groups -OCH3 is 1. The van der Waals surface area contributed by atoms with E-state index in [0.29, 0.717) is 12.0 Å². The van der Waals surface area contributed by atoms with E-state index in [4.69, 9.17) is 4.74 Å². The van der Waals surface area contributed by atoms with Crippen molar-refractivity contribution in [2.75, 3.05) is 27.2 Å². The van der Waals surface area contributed by atoms with Crippen LogP contribution in [0.2, 0.25) is 0 Å². The summed E-state index contributed by atoms with van der Waals surface area (Å²) in [4.78, 5) is 2.42. The lowest BCUT2D eigenvalue weighted by atomic mass is 9.88. The van der Waals surface area contributed by atoms with Gasteiger partial charge in [-0.2, -0.15) is 0 Å². The Morgan fingerprint density at radius 1 is 1.29 bits per heavy atom. The molecule has 0 aromatic rings. The van der Waals surface area contributed by atoms with Gasteiger partial charge in [-0.25, -0.2) is 0 Å². The third-order valence-corrected chi connectivity index (χ3v) is 3.45. The van der Waals surface area contributed by atoms with Gasteiger partial charge in [-0.15, -0.1) is 0 Å². The van der Waals surface area contributed by atoms with Crippen molar-refractivity contribution in [3.05, 3.63) is 0 Å². The Labute approximate surface area is 88.6 Å². The van der Waals surface area contributed by atoms with Gasteiger partial charge in [0.1, 0.15) is 0 Å². The molecule has 2 nitrogen and oxygen atoms in total. The SMILES string of the molecule is COC(CC1CCN(C)CC1)C(C)C. The summed E-state index contributed by atoms with van der Waals surface area (Å²) in [6.07, 6.45) is 4.41. The van der Waals surface area contributed by atoms with Gasteiger partial charge >= 0.3 is 0 Å². The highest BCUT2D eigenvalue weighted by Crippen LogP contribution is 2.24. The summed E-state index contributed by atoms with van der Waals surface area (Å²) in [5, 5.41) is 0. The molecule has 0 saturated carbocycles. The maximum Gasteiger partial charge on any atom is 0.0596 e. The van der Waals surface area contributed by atoms with Crippen molar-refractivity contribution in [3.8, 4) is 0 Å². The molecule has 0 spiro atoms. The second-order valence-corrected chi connectivity index (χ2v) is 5.00. The van der Waals surface area contributed by atoms with Crippen LogP contribution in [0.4, 0.5) is 0 Å². The molecule has 2 heteroatoms. The fourth-order valence-corrected chi connectivity index (χ4v) is 2.27. The predicted octanol–water partition coefficient (Wildman–Crippen LogP) is 2.39. The van der Waals surface area contributed by atoms with Crippen LogP contribution in [0.15, 0.2) is 0 Å². The van der Waals surface area contributed by atoms with Crippen LogP contribution in [-0.2, 0) is 4.74 Å². The molecule has 0 aromatic heterocycles. The Bertz CT molecular complexity index is 150. The van der Waals surface area contributed by atoms with Crippen LogP contribution in [0.3, 0.4) is 0 Å². The molecule has 1 aliphatic rings. The van der Waals surface area contributed by atoms with Gasteiger partial charge in [0.05, 0.1) is 6.10 Å². The van der Waals surface area contributed by atoms with Crippen molar-refractivity contribution in [2.45, 2.75) is 39.2 Å². The Hall–Kier alpha value is -0.0800. The van der Waals surface area contributed by atoms with Crippen molar-refractivity contribution in [2.24, 2.45) is 11.8 Å². The lowest BCUT2D eigenvalue weighted by Gasteiger charge is -2.32. The molecule has 1 saturated heterocycles. The van der Waals surface area contributed by atoms with Crippen molar-refractivity contribution in [1.29, 1.82) is 0 Å². The fraction of sp³-hybridized carbons (Fsp3) is 1.00. The summed E-state index contributed by atoms with van der Waals surface area (Å²) >= 11 is 0. The van der Waals surface area contributed by atoms with E-state index < -0.39 is 0 Å². The minimum absolute atomic E-state index is 0.461. The average molecular weight is 199 g/mol. The molecule has 0 bridgehead atoms. The number of rotatable bonds is 4. The number of hydrogen-bond donors (Lipinski definition) is 0. The average Bonchev–Trinajstić information content (AvgIpc) is 2.16. The Balaban J connectivity index is 2.29. The number of piperidine rings is 1. The Kier molecular flexibility index (Phi) is 4.90. The summed E-state index contributed by atoms with van der Waals surface area (Å²) < 4.78 is 5.53. The monoisotopic (exact) mass is 199 g/mol. The molecule has 1 heterocycles. The van der Waals surface area contributed by atoms with Crippen molar-refractivity contribution in [1.82, 2.24) is 4.90 Å². The van der Waals surface area contributed by atoms with Gasteiger partial charge in [0.15, 0.2) is 0 Å². The molecule has 0 N–H and O–H groups in total. The van der Waals surface area contributed by atoms with Crippen LogP contribution in [0, 0.1) is 11.8 Å². The van der Waals surface area contributed by atoms with Gasteiger partial charge < -0.3 is 9.64 Å². The van der Waals surface area contributed by atoms with Crippen LogP contribution in [0.25, 0.3) is 0 Å². The zero-order chi connectivity index (χ0) is 10.6. The lowest BCUT2D eigenvalue weighted by Crippen LogP contribution is -2.33. The summed E-state index contributed by atoms with van der Waals surface area (Å²) in [6.45, 7) is 7.03. The number of nitrogens with zero attached hydrogens (tertiary/aromatic N) is 1. The van der Waals surface area contributed by atoms with Gasteiger partial charge in [-0.1, -0.05) is 13.8 Å². The number of ether oxygens (including phenoxy) is 1. The van der Waals surface area contributed by atoms with Gasteiger partial charge in [-0.3, -0.25) is 0 Å². The lowest BCUT2D eigenvalue weighted by molar-refractivity contribution is 0.0351. The standard InChI is InChI=1S/C12H25NO/c1-10(2)12(14-4)9-11-5-7-13(3)8-6-11/h10-12H,5-9H2,1-4H3. The predicted molar refractivity (Wildman–Crippen MR) is 60.5 cm³/mol. The van der Waals surface area contributed by atoms with Crippen LogP contribution >= 0.6 is 0 Å². The highest BCUT2D eigenvalue weighted by atomic mass is 16.5. The third kappa shape index (κ3) is 3.58. The third-order valence-electron chi connectivity index (χ3n) is 3.45. The highest BCUT2D eigenvalue weighted by Gasteiger charge is 2.22. The minimum Gasteiger partial charge on any atom is -0.381 e. The summed E-state index contributed by atoms with van der Waals surface area (Å²) in [5.74, 6) is 1.54. The van der Waals surface area contributed by atoms with E-state index in [2.05, 4.69) is 25.8 Å². The van der Waals surface area contributed by atoms with E-state index >= 15 is 0 Å². The maximum absolute atomic E-state index is 5.53. The van der Waals surface area contributed by atoms with E-state index in [1.807, 2.05) is 7.11 Å². The quantitative estimate of drug-likeness (QED) is 0.689. The maximum atomic E-state index is 5.53. The molecule has 0 radical (unpaired) electrons. The number of likely N-dealkylation sites (tertiary alicyclic amines) is 1. The van der Waals surface area contributed by atoms with E-state index in [0.717, 1.165) is 5.92 Å². The minimum atomic E-state index is 0.461. The van der Waals surface area contributed by atoms with E-state index in [1.54, 1.807) is 0 Å². The van der Waals surface area contributed by atoms with Gasteiger partial charge in [-0.05, 0) is 51.2 Å². The Morgan fingerprint density at radius 2 is 1.86 bits per heavy atom. The Morgan fingerprint density at radius 3 is 2.29 bits per heavy atom. The smallest absolute Gasteiger partial charge is 0.0596 e. The van der Waals surface area contributed by atoms with Crippen LogP contribution < -0.4 is 0 Å². The molecular formula is C12H25NO. The van der Waals surface area contributed by atoms with Crippen LogP contribution in [0.1, 0.15) is 33.1 Å². The largest absolute Gasteiger partial charge is 0.381 e. The zero-order valence-electron chi connectivity index (χ0n) is 10.1. The molecule has 1 rings (SSSR count). The molecule has 84 valence electrons. The fourth-order valence-electron chi connectivity index (χ4n) is 2.27. The van der Waals surface area contributed by atoms with Gasteiger partial charge in [0, 0.05) is 7.11 Å². The van der Waals surface area contributed by atoms with E-state index in [1.165, 1.54) is 32.4 Å². The molecule has 1 fully saturated rings. The summed E-state index contributed by atoms with van der Waals surface area (Å²) in [5.41, 5.74) is 0. The first-order valence-electron chi connectivity index (χ1n) is 5.84. The van der Waals surface area contributed by atoms with Crippen LogP contribution in [-0.4, -0.2) is 38.3 Å². The van der Waals surface area contributed by atoms with Gasteiger partial charge in [0.25, 0.3) is 0 Å². The topological polar surface area (TPSA) is 12.5 Å². The second-order valence-electron chi connectivity index (χ2n) is 5.00. The molecule has 1 unspecified atom stereocenters. The zero-order valence-corrected chi connectivity index (χ0v) is 10.1. The van der Waals surface area contributed by atoms with Gasteiger partial charge in [0.2, 0.25) is 0 Å². The normalized spacial score (nSPS) is 22.9. The van der Waals surface area contributed by atoms with E-state index in [-0.39, 0.29) is 0 Å². The van der Waals surface area contributed by atoms with E-state index in [9.17, 15) is 0 Å². The molecule has 0 amide bonds. The van der Waals surface area contributed by atoms with Crippen molar-refractivity contribution < 1.29 is 4.74 Å². The first-order chi connectivity index (χ1) is 6.63.